The SMILES string of the molecule is O=S1(=O)CCC(N(CCO)Cc2cccnc2Cl)C1. The first-order valence-corrected chi connectivity index (χ1v) is 8.36. The van der Waals surface area contributed by atoms with Gasteiger partial charge < -0.3 is 5.11 Å². The van der Waals surface area contributed by atoms with Gasteiger partial charge in [0.2, 0.25) is 0 Å². The van der Waals surface area contributed by atoms with Crippen molar-refractivity contribution in [3.63, 3.8) is 0 Å². The highest BCUT2D eigenvalue weighted by Crippen LogP contribution is 2.21. The summed E-state index contributed by atoms with van der Waals surface area (Å²) in [6.07, 6.45) is 2.22. The van der Waals surface area contributed by atoms with Crippen LogP contribution in [0, 0.1) is 0 Å². The van der Waals surface area contributed by atoms with Gasteiger partial charge >= 0.3 is 0 Å². The van der Waals surface area contributed by atoms with Crippen molar-refractivity contribution in [1.82, 2.24) is 9.88 Å². The molecule has 0 amide bonds. The standard InChI is InChI=1S/C12H17ClN2O3S/c13-12-10(2-1-4-14-12)8-15(5-6-16)11-3-7-19(17,18)9-11/h1-2,4,11,16H,3,5-9H2. The Morgan fingerprint density at radius 3 is 2.89 bits per heavy atom. The van der Waals surface area contributed by atoms with Crippen molar-refractivity contribution in [3.05, 3.63) is 29.0 Å². The molecular weight excluding hydrogens is 288 g/mol. The second kappa shape index (κ2) is 6.17. The number of hydrogen-bond acceptors (Lipinski definition) is 5. The molecule has 1 aromatic heterocycles. The van der Waals surface area contributed by atoms with Crippen LogP contribution in [-0.2, 0) is 16.4 Å². The second-order valence-corrected chi connectivity index (χ2v) is 7.29. The predicted octanol–water partition coefficient (Wildman–Crippen LogP) is 0.716. The van der Waals surface area contributed by atoms with Crippen molar-refractivity contribution in [2.75, 3.05) is 24.7 Å². The summed E-state index contributed by atoms with van der Waals surface area (Å²) in [4.78, 5) is 5.97. The molecule has 0 radical (unpaired) electrons. The van der Waals surface area contributed by atoms with Crippen molar-refractivity contribution in [1.29, 1.82) is 0 Å². The first kappa shape index (κ1) is 14.7. The molecule has 1 N–H and O–H groups in total. The molecule has 1 aliphatic heterocycles. The van der Waals surface area contributed by atoms with Gasteiger partial charge in [0.15, 0.2) is 9.84 Å². The summed E-state index contributed by atoms with van der Waals surface area (Å²) >= 11 is 6.01. The Balaban J connectivity index is 2.11. The molecule has 19 heavy (non-hydrogen) atoms. The van der Waals surface area contributed by atoms with E-state index in [1.807, 2.05) is 11.0 Å². The maximum atomic E-state index is 11.5. The highest BCUT2D eigenvalue weighted by Gasteiger charge is 2.32. The number of rotatable bonds is 5. The van der Waals surface area contributed by atoms with Crippen molar-refractivity contribution in [2.24, 2.45) is 0 Å². The Hall–Kier alpha value is -0.690. The number of hydrogen-bond donors (Lipinski definition) is 1. The molecular formula is C12H17ClN2O3S. The van der Waals surface area contributed by atoms with Gasteiger partial charge in [-0.25, -0.2) is 13.4 Å². The number of aliphatic hydroxyl groups excluding tert-OH is 1. The fourth-order valence-electron chi connectivity index (χ4n) is 2.34. The Morgan fingerprint density at radius 2 is 2.32 bits per heavy atom. The number of aromatic nitrogens is 1. The predicted molar refractivity (Wildman–Crippen MR) is 73.8 cm³/mol. The van der Waals surface area contributed by atoms with Crippen LogP contribution in [0.3, 0.4) is 0 Å². The number of pyridine rings is 1. The van der Waals surface area contributed by atoms with Gasteiger partial charge in [0.1, 0.15) is 5.15 Å². The molecule has 1 aliphatic rings. The van der Waals surface area contributed by atoms with E-state index >= 15 is 0 Å². The Bertz CT molecular complexity index is 536. The van der Waals surface area contributed by atoms with Crippen LogP contribution in [0.4, 0.5) is 0 Å². The van der Waals surface area contributed by atoms with Crippen LogP contribution in [-0.4, -0.2) is 54.1 Å². The molecule has 106 valence electrons. The Kier molecular flexibility index (Phi) is 4.78. The van der Waals surface area contributed by atoms with Crippen molar-refractivity contribution >= 4 is 21.4 Å². The summed E-state index contributed by atoms with van der Waals surface area (Å²) in [6.45, 7) is 0.938. The highest BCUT2D eigenvalue weighted by atomic mass is 35.5. The van der Waals surface area contributed by atoms with Gasteiger partial charge in [-0.3, -0.25) is 4.90 Å². The molecule has 0 bridgehead atoms. The largest absolute Gasteiger partial charge is 0.395 e. The normalized spacial score (nSPS) is 21.9. The van der Waals surface area contributed by atoms with Crippen molar-refractivity contribution < 1.29 is 13.5 Å². The van der Waals surface area contributed by atoms with Gasteiger partial charge in [0.05, 0.1) is 18.1 Å². The zero-order valence-corrected chi connectivity index (χ0v) is 12.1. The fraction of sp³-hybridized carbons (Fsp3) is 0.583. The molecule has 0 aliphatic carbocycles. The molecule has 1 fully saturated rings. The zero-order chi connectivity index (χ0) is 13.9. The van der Waals surface area contributed by atoms with Crippen molar-refractivity contribution in [3.8, 4) is 0 Å². The molecule has 2 rings (SSSR count). The minimum absolute atomic E-state index is 0.00553. The molecule has 7 heteroatoms. The average molecular weight is 305 g/mol. The molecule has 1 saturated heterocycles. The average Bonchev–Trinajstić information content (AvgIpc) is 2.72. The van der Waals surface area contributed by atoms with Crippen LogP contribution in [0.2, 0.25) is 5.15 Å². The first-order valence-electron chi connectivity index (χ1n) is 6.16. The lowest BCUT2D eigenvalue weighted by molar-refractivity contribution is 0.153. The Labute approximate surface area is 118 Å². The summed E-state index contributed by atoms with van der Waals surface area (Å²) in [5, 5.41) is 9.56. The third kappa shape index (κ3) is 3.89. The van der Waals surface area contributed by atoms with E-state index in [4.69, 9.17) is 16.7 Å². The summed E-state index contributed by atoms with van der Waals surface area (Å²) < 4.78 is 23.1. The topological polar surface area (TPSA) is 70.5 Å². The first-order chi connectivity index (χ1) is 9.02. The van der Waals surface area contributed by atoms with Gasteiger partial charge in [0.25, 0.3) is 0 Å². The summed E-state index contributed by atoms with van der Waals surface area (Å²) in [5.74, 6) is 0.380. The van der Waals surface area contributed by atoms with E-state index in [2.05, 4.69) is 4.98 Å². The van der Waals surface area contributed by atoms with E-state index < -0.39 is 9.84 Å². The maximum Gasteiger partial charge on any atom is 0.151 e. The molecule has 1 unspecified atom stereocenters. The second-order valence-electron chi connectivity index (χ2n) is 4.70. The molecule has 1 aromatic rings. The number of sulfone groups is 1. The number of aliphatic hydroxyl groups is 1. The fourth-order valence-corrected chi connectivity index (χ4v) is 4.28. The maximum absolute atomic E-state index is 11.5. The lowest BCUT2D eigenvalue weighted by atomic mass is 10.2. The van der Waals surface area contributed by atoms with Crippen LogP contribution < -0.4 is 0 Å². The van der Waals surface area contributed by atoms with Crippen molar-refractivity contribution in [2.45, 2.75) is 19.0 Å². The van der Waals surface area contributed by atoms with E-state index in [0.29, 0.717) is 24.7 Å². The van der Waals surface area contributed by atoms with Crippen LogP contribution in [0.25, 0.3) is 0 Å². The smallest absolute Gasteiger partial charge is 0.151 e. The van der Waals surface area contributed by atoms with Gasteiger partial charge in [-0.2, -0.15) is 0 Å². The minimum atomic E-state index is -2.93. The molecule has 2 heterocycles. The molecule has 0 saturated carbocycles. The molecule has 0 spiro atoms. The highest BCUT2D eigenvalue weighted by molar-refractivity contribution is 7.91. The zero-order valence-electron chi connectivity index (χ0n) is 10.5. The van der Waals surface area contributed by atoms with E-state index in [0.717, 1.165) is 5.56 Å². The van der Waals surface area contributed by atoms with E-state index in [1.165, 1.54) is 0 Å². The number of nitrogens with zero attached hydrogens (tertiary/aromatic N) is 2. The molecule has 1 atom stereocenters. The third-order valence-corrected chi connectivity index (χ3v) is 5.41. The Morgan fingerprint density at radius 1 is 1.53 bits per heavy atom. The monoisotopic (exact) mass is 304 g/mol. The van der Waals surface area contributed by atoms with Gasteiger partial charge in [0, 0.05) is 30.9 Å². The van der Waals surface area contributed by atoms with Crippen LogP contribution >= 0.6 is 11.6 Å². The molecule has 0 aromatic carbocycles. The van der Waals surface area contributed by atoms with Gasteiger partial charge in [-0.05, 0) is 12.5 Å². The summed E-state index contributed by atoms with van der Waals surface area (Å²) in [6, 6.07) is 3.61. The quantitative estimate of drug-likeness (QED) is 0.812. The van der Waals surface area contributed by atoms with Gasteiger partial charge in [-0.15, -0.1) is 0 Å². The summed E-state index contributed by atoms with van der Waals surface area (Å²) in [5.41, 5.74) is 0.849. The van der Waals surface area contributed by atoms with E-state index in [-0.39, 0.29) is 24.2 Å². The lowest BCUT2D eigenvalue weighted by Crippen LogP contribution is -2.37. The van der Waals surface area contributed by atoms with Crippen LogP contribution in [0.15, 0.2) is 18.3 Å². The number of halogens is 1. The summed E-state index contributed by atoms with van der Waals surface area (Å²) in [7, 11) is -2.93. The van der Waals surface area contributed by atoms with E-state index in [1.54, 1.807) is 12.3 Å². The van der Waals surface area contributed by atoms with Crippen LogP contribution in [0.1, 0.15) is 12.0 Å². The minimum Gasteiger partial charge on any atom is -0.395 e. The van der Waals surface area contributed by atoms with E-state index in [9.17, 15) is 8.42 Å². The molecule has 5 nitrogen and oxygen atoms in total. The van der Waals surface area contributed by atoms with Gasteiger partial charge in [-0.1, -0.05) is 17.7 Å². The lowest BCUT2D eigenvalue weighted by Gasteiger charge is -2.27. The third-order valence-electron chi connectivity index (χ3n) is 3.32. The van der Waals surface area contributed by atoms with Crippen LogP contribution in [0.5, 0.6) is 0 Å².